The first-order valence-electron chi connectivity index (χ1n) is 6.72. The molecule has 0 aliphatic heterocycles. The molecule has 96 valence electrons. The average molecular weight is 217 g/mol. The summed E-state index contributed by atoms with van der Waals surface area (Å²) < 4.78 is 0. The topological polar surface area (TPSA) is 23.9 Å². The molecule has 0 saturated heterocycles. The van der Waals surface area contributed by atoms with E-state index in [1.165, 1.54) is 25.7 Å². The van der Waals surface area contributed by atoms with Crippen LogP contribution in [0, 0.1) is 5.41 Å². The maximum absolute atomic E-state index is 6.74. The van der Waals surface area contributed by atoms with Gasteiger partial charge in [0.05, 0.1) is 0 Å². The lowest BCUT2D eigenvalue weighted by Gasteiger charge is -1.86. The van der Waals surface area contributed by atoms with Crippen LogP contribution in [-0.4, -0.2) is 5.71 Å². The Labute approximate surface area is 99.2 Å². The summed E-state index contributed by atoms with van der Waals surface area (Å²) in [7, 11) is 0. The lowest BCUT2D eigenvalue weighted by Crippen LogP contribution is -1.78. The fourth-order valence-corrected chi connectivity index (χ4v) is 0.500. The molecule has 0 aliphatic rings. The summed E-state index contributed by atoms with van der Waals surface area (Å²) in [4.78, 5) is 0. The number of rotatable bonds is 4. The first-order chi connectivity index (χ1) is 7.18. The third-order valence-electron chi connectivity index (χ3n) is 1.49. The predicted octanol–water partition coefficient (Wildman–Crippen LogP) is 6.08. The number of hydrogen-bond acceptors (Lipinski definition) is 1. The third-order valence-corrected chi connectivity index (χ3v) is 1.49. The van der Waals surface area contributed by atoms with E-state index < -0.39 is 0 Å². The van der Waals surface area contributed by atoms with Crippen LogP contribution in [-0.2, 0) is 0 Å². The van der Waals surface area contributed by atoms with Crippen molar-refractivity contribution in [3.8, 4) is 0 Å². The predicted molar refractivity (Wildman–Crippen MR) is 76.2 cm³/mol. The summed E-state index contributed by atoms with van der Waals surface area (Å²) in [5.41, 5.74) is 0.755. The lowest BCUT2D eigenvalue weighted by atomic mass is 10.2. The number of unbranched alkanes of at least 4 members (excludes halogenated alkanes) is 3. The lowest BCUT2D eigenvalue weighted by molar-refractivity contribution is 0.702. The van der Waals surface area contributed by atoms with Gasteiger partial charge in [-0.1, -0.05) is 74.1 Å². The van der Waals surface area contributed by atoms with Crippen molar-refractivity contribution in [3.63, 3.8) is 0 Å². The van der Waals surface area contributed by atoms with Gasteiger partial charge in [0.25, 0.3) is 0 Å². The molecular weight excluding hydrogens is 182 g/mol. The van der Waals surface area contributed by atoms with Crippen LogP contribution >= 0.6 is 0 Å². The van der Waals surface area contributed by atoms with Gasteiger partial charge in [0.2, 0.25) is 0 Å². The van der Waals surface area contributed by atoms with Crippen LogP contribution in [0.5, 0.6) is 0 Å². The van der Waals surface area contributed by atoms with Crippen molar-refractivity contribution in [2.24, 2.45) is 0 Å². The Kier molecular flexibility index (Phi) is 59.9. The Bertz CT molecular complexity index is 73.4. The molecule has 0 amide bonds. The van der Waals surface area contributed by atoms with Crippen molar-refractivity contribution in [1.29, 1.82) is 5.41 Å². The summed E-state index contributed by atoms with van der Waals surface area (Å²) in [6, 6.07) is 0. The summed E-state index contributed by atoms with van der Waals surface area (Å²) in [6.45, 7) is 16.2. The maximum atomic E-state index is 6.74. The van der Waals surface area contributed by atoms with E-state index in [-0.39, 0.29) is 0 Å². The quantitative estimate of drug-likeness (QED) is 0.436. The van der Waals surface area contributed by atoms with Crippen molar-refractivity contribution < 1.29 is 0 Å². The van der Waals surface area contributed by atoms with Gasteiger partial charge in [0, 0.05) is 5.71 Å². The van der Waals surface area contributed by atoms with Gasteiger partial charge in [0.1, 0.15) is 0 Å². The maximum Gasteiger partial charge on any atom is 0.00554 e. The van der Waals surface area contributed by atoms with Gasteiger partial charge >= 0.3 is 0 Å². The molecule has 0 aliphatic carbocycles. The van der Waals surface area contributed by atoms with Crippen molar-refractivity contribution in [2.45, 2.75) is 87.5 Å². The molecule has 1 nitrogen and oxygen atoms in total. The van der Waals surface area contributed by atoms with Crippen molar-refractivity contribution in [1.82, 2.24) is 0 Å². The Morgan fingerprint density at radius 3 is 1.07 bits per heavy atom. The molecule has 0 unspecified atom stereocenters. The number of nitrogens with one attached hydrogen (secondary N) is 1. The highest BCUT2D eigenvalue weighted by atomic mass is 14.4. The van der Waals surface area contributed by atoms with E-state index >= 15 is 0 Å². The second-order valence-electron chi connectivity index (χ2n) is 2.84. The third kappa shape index (κ3) is 85.4. The van der Waals surface area contributed by atoms with Crippen molar-refractivity contribution in [3.05, 3.63) is 0 Å². The molecule has 0 aromatic carbocycles. The van der Waals surface area contributed by atoms with Crippen LogP contribution in [0.1, 0.15) is 87.5 Å². The van der Waals surface area contributed by atoms with Gasteiger partial charge in [0.15, 0.2) is 0 Å². The molecule has 1 heteroatoms. The molecule has 0 bridgehead atoms. The minimum absolute atomic E-state index is 0.755. The fraction of sp³-hybridized carbons (Fsp3) is 0.929. The molecule has 0 atom stereocenters. The Balaban J connectivity index is -0.0000000610. The molecular formula is C14H35N. The van der Waals surface area contributed by atoms with E-state index in [1.54, 1.807) is 6.92 Å². The van der Waals surface area contributed by atoms with E-state index in [1.807, 2.05) is 34.6 Å². The highest BCUT2D eigenvalue weighted by molar-refractivity contribution is 5.77. The van der Waals surface area contributed by atoms with E-state index in [2.05, 4.69) is 13.8 Å². The van der Waals surface area contributed by atoms with Crippen LogP contribution in [0.15, 0.2) is 0 Å². The van der Waals surface area contributed by atoms with Gasteiger partial charge in [-0.25, -0.2) is 0 Å². The zero-order chi connectivity index (χ0) is 13.1. The molecule has 1 N–H and O–H groups in total. The van der Waals surface area contributed by atoms with Crippen LogP contribution in [0.3, 0.4) is 0 Å². The van der Waals surface area contributed by atoms with E-state index in [4.69, 9.17) is 5.41 Å². The van der Waals surface area contributed by atoms with Crippen LogP contribution in [0.2, 0.25) is 0 Å². The summed E-state index contributed by atoms with van der Waals surface area (Å²) in [5.74, 6) is 0. The Morgan fingerprint density at radius 2 is 1.00 bits per heavy atom. The fourth-order valence-electron chi connectivity index (χ4n) is 0.500. The minimum Gasteiger partial charge on any atom is -0.310 e. The molecule has 0 heterocycles. The van der Waals surface area contributed by atoms with E-state index in [0.717, 1.165) is 12.1 Å². The largest absolute Gasteiger partial charge is 0.310 e. The monoisotopic (exact) mass is 217 g/mol. The average Bonchev–Trinajstić information content (AvgIpc) is 2.32. The minimum atomic E-state index is 0.755. The zero-order valence-electron chi connectivity index (χ0n) is 12.5. The normalized spacial score (nSPS) is 6.93. The molecule has 0 aromatic heterocycles. The second-order valence-corrected chi connectivity index (χ2v) is 2.84. The zero-order valence-corrected chi connectivity index (χ0v) is 12.5. The highest BCUT2D eigenvalue weighted by Crippen LogP contribution is 1.95. The molecule has 0 rings (SSSR count). The van der Waals surface area contributed by atoms with Gasteiger partial charge < -0.3 is 5.41 Å². The molecule has 15 heavy (non-hydrogen) atoms. The summed E-state index contributed by atoms with van der Waals surface area (Å²) >= 11 is 0. The van der Waals surface area contributed by atoms with Crippen LogP contribution < -0.4 is 0 Å². The molecule has 0 spiro atoms. The van der Waals surface area contributed by atoms with Crippen LogP contribution in [0.25, 0.3) is 0 Å². The second kappa shape index (κ2) is 37.3. The SMILES string of the molecule is CC.CC.CCC(C)=N.CCCCCC. The highest BCUT2D eigenvalue weighted by Gasteiger charge is 1.75. The van der Waals surface area contributed by atoms with Crippen LogP contribution in [0.4, 0.5) is 0 Å². The van der Waals surface area contributed by atoms with E-state index in [9.17, 15) is 0 Å². The van der Waals surface area contributed by atoms with Crippen molar-refractivity contribution >= 4 is 5.71 Å². The molecule has 0 saturated carbocycles. The van der Waals surface area contributed by atoms with Gasteiger partial charge in [-0.15, -0.1) is 0 Å². The molecule has 0 fully saturated rings. The molecule has 0 aromatic rings. The first-order valence-corrected chi connectivity index (χ1v) is 6.72. The molecule has 0 radical (unpaired) electrons. The number of hydrogen-bond donors (Lipinski definition) is 1. The van der Waals surface area contributed by atoms with Gasteiger partial charge in [-0.3, -0.25) is 0 Å². The van der Waals surface area contributed by atoms with E-state index in [0.29, 0.717) is 0 Å². The smallest absolute Gasteiger partial charge is 0.00554 e. The standard InChI is InChI=1S/C6H14.C4H9N.2C2H6/c1-3-5-6-4-2;1-3-4(2)5;2*1-2/h3-6H2,1-2H3;5H,3H2,1-2H3;2*1-2H3. The first kappa shape index (κ1) is 24.1. The van der Waals surface area contributed by atoms with Crippen molar-refractivity contribution in [2.75, 3.05) is 0 Å². The van der Waals surface area contributed by atoms with Gasteiger partial charge in [-0.05, 0) is 13.3 Å². The summed E-state index contributed by atoms with van der Waals surface area (Å²) in [5, 5.41) is 6.74. The summed E-state index contributed by atoms with van der Waals surface area (Å²) in [6.07, 6.45) is 6.43. The van der Waals surface area contributed by atoms with Gasteiger partial charge in [-0.2, -0.15) is 0 Å². The Hall–Kier alpha value is -0.330. The Morgan fingerprint density at radius 1 is 0.800 bits per heavy atom.